The second kappa shape index (κ2) is 7.28. The highest BCUT2D eigenvalue weighted by Gasteiger charge is 2.32. The minimum atomic E-state index is 0.194. The molecule has 120 valence electrons. The molecule has 0 bridgehead atoms. The third-order valence-electron chi connectivity index (χ3n) is 5.37. The van der Waals surface area contributed by atoms with Gasteiger partial charge in [0.1, 0.15) is 0 Å². The summed E-state index contributed by atoms with van der Waals surface area (Å²) >= 11 is 0. The first-order valence-corrected chi connectivity index (χ1v) is 8.80. The second-order valence-corrected chi connectivity index (χ2v) is 6.95. The number of carbonyl (C=O) groups excluding carboxylic acids is 1. The SMILES string of the molecule is CC1NCCCC1C(=O)N1CCC(Cc2ccccc2)CC1. The fraction of sp³-hybridized carbons (Fsp3) is 0.632. The first-order chi connectivity index (χ1) is 10.7. The zero-order chi connectivity index (χ0) is 15.4. The third-order valence-corrected chi connectivity index (χ3v) is 5.37. The predicted molar refractivity (Wildman–Crippen MR) is 89.6 cm³/mol. The second-order valence-electron chi connectivity index (χ2n) is 6.95. The minimum Gasteiger partial charge on any atom is -0.342 e. The molecule has 1 N–H and O–H groups in total. The zero-order valence-electron chi connectivity index (χ0n) is 13.6. The molecule has 2 heterocycles. The van der Waals surface area contributed by atoms with E-state index in [1.54, 1.807) is 0 Å². The number of carbonyl (C=O) groups is 1. The molecule has 2 aliphatic rings. The predicted octanol–water partition coefficient (Wildman–Crippen LogP) is 2.86. The van der Waals surface area contributed by atoms with E-state index in [1.165, 1.54) is 5.56 Å². The maximum absolute atomic E-state index is 12.7. The molecule has 2 unspecified atom stereocenters. The summed E-state index contributed by atoms with van der Waals surface area (Å²) in [5.74, 6) is 1.31. The number of amides is 1. The molecule has 3 heteroatoms. The van der Waals surface area contributed by atoms with E-state index in [-0.39, 0.29) is 5.92 Å². The van der Waals surface area contributed by atoms with Crippen LogP contribution in [0.15, 0.2) is 30.3 Å². The van der Waals surface area contributed by atoms with E-state index < -0.39 is 0 Å². The van der Waals surface area contributed by atoms with Crippen LogP contribution in [0.4, 0.5) is 0 Å². The highest BCUT2D eigenvalue weighted by atomic mass is 16.2. The molecule has 3 rings (SSSR count). The monoisotopic (exact) mass is 300 g/mol. The van der Waals surface area contributed by atoms with Crippen LogP contribution in [-0.2, 0) is 11.2 Å². The topological polar surface area (TPSA) is 32.3 Å². The fourth-order valence-electron chi connectivity index (χ4n) is 3.92. The highest BCUT2D eigenvalue weighted by molar-refractivity contribution is 5.79. The van der Waals surface area contributed by atoms with Gasteiger partial charge in [0, 0.05) is 19.1 Å². The van der Waals surface area contributed by atoms with Gasteiger partial charge in [0.15, 0.2) is 0 Å². The van der Waals surface area contributed by atoms with Crippen LogP contribution in [0.25, 0.3) is 0 Å². The zero-order valence-corrected chi connectivity index (χ0v) is 13.6. The van der Waals surface area contributed by atoms with Crippen molar-refractivity contribution in [3.05, 3.63) is 35.9 Å². The molecule has 1 aromatic carbocycles. The number of nitrogens with zero attached hydrogens (tertiary/aromatic N) is 1. The van der Waals surface area contributed by atoms with Gasteiger partial charge in [-0.3, -0.25) is 4.79 Å². The molecule has 0 saturated carbocycles. The average Bonchev–Trinajstić information content (AvgIpc) is 2.56. The average molecular weight is 300 g/mol. The number of likely N-dealkylation sites (tertiary alicyclic amines) is 1. The molecule has 0 spiro atoms. The Morgan fingerprint density at radius 1 is 1.18 bits per heavy atom. The maximum Gasteiger partial charge on any atom is 0.227 e. The smallest absolute Gasteiger partial charge is 0.227 e. The van der Waals surface area contributed by atoms with Crippen molar-refractivity contribution in [3.8, 4) is 0 Å². The molecule has 2 saturated heterocycles. The fourth-order valence-corrected chi connectivity index (χ4v) is 3.92. The Hall–Kier alpha value is -1.35. The summed E-state index contributed by atoms with van der Waals surface area (Å²) in [6.45, 7) is 5.10. The van der Waals surface area contributed by atoms with Gasteiger partial charge < -0.3 is 10.2 Å². The van der Waals surface area contributed by atoms with E-state index in [0.29, 0.717) is 11.9 Å². The van der Waals surface area contributed by atoms with Gasteiger partial charge in [-0.25, -0.2) is 0 Å². The van der Waals surface area contributed by atoms with Gasteiger partial charge in [-0.15, -0.1) is 0 Å². The number of rotatable bonds is 3. The molecule has 3 nitrogen and oxygen atoms in total. The minimum absolute atomic E-state index is 0.194. The molecule has 22 heavy (non-hydrogen) atoms. The summed E-state index contributed by atoms with van der Waals surface area (Å²) < 4.78 is 0. The van der Waals surface area contributed by atoms with E-state index in [2.05, 4.69) is 47.5 Å². The molecule has 1 amide bonds. The first-order valence-electron chi connectivity index (χ1n) is 8.80. The number of piperidine rings is 2. The Bertz CT molecular complexity index is 479. The normalized spacial score (nSPS) is 26.9. The maximum atomic E-state index is 12.7. The van der Waals surface area contributed by atoms with Crippen LogP contribution < -0.4 is 5.32 Å². The lowest BCUT2D eigenvalue weighted by Gasteiger charge is -2.37. The summed E-state index contributed by atoms with van der Waals surface area (Å²) in [7, 11) is 0. The van der Waals surface area contributed by atoms with Crippen LogP contribution in [0.2, 0.25) is 0 Å². The lowest BCUT2D eigenvalue weighted by atomic mass is 9.87. The van der Waals surface area contributed by atoms with Crippen LogP contribution in [0.5, 0.6) is 0 Å². The molecule has 2 fully saturated rings. The van der Waals surface area contributed by atoms with Gasteiger partial charge in [-0.1, -0.05) is 30.3 Å². The van der Waals surface area contributed by atoms with Crippen molar-refractivity contribution < 1.29 is 4.79 Å². The van der Waals surface area contributed by atoms with Crippen LogP contribution in [0.3, 0.4) is 0 Å². The summed E-state index contributed by atoms with van der Waals surface area (Å²) in [6, 6.07) is 11.1. The van der Waals surface area contributed by atoms with Crippen LogP contribution in [0, 0.1) is 11.8 Å². The van der Waals surface area contributed by atoms with Gasteiger partial charge in [0.2, 0.25) is 5.91 Å². The molecule has 0 aliphatic carbocycles. The summed E-state index contributed by atoms with van der Waals surface area (Å²) in [5.41, 5.74) is 1.43. The van der Waals surface area contributed by atoms with Gasteiger partial charge in [0.25, 0.3) is 0 Å². The van der Waals surface area contributed by atoms with E-state index in [4.69, 9.17) is 0 Å². The molecular weight excluding hydrogens is 272 g/mol. The van der Waals surface area contributed by atoms with Gasteiger partial charge in [-0.2, -0.15) is 0 Å². The summed E-state index contributed by atoms with van der Waals surface area (Å²) in [6.07, 6.45) is 5.64. The number of hydrogen-bond acceptors (Lipinski definition) is 2. The van der Waals surface area contributed by atoms with Gasteiger partial charge in [-0.05, 0) is 57.1 Å². The molecular formula is C19H28N2O. The number of hydrogen-bond donors (Lipinski definition) is 1. The first kappa shape index (κ1) is 15.5. The van der Waals surface area contributed by atoms with Gasteiger partial charge >= 0.3 is 0 Å². The lowest BCUT2D eigenvalue weighted by Crippen LogP contribution is -2.50. The van der Waals surface area contributed by atoms with Crippen molar-refractivity contribution in [1.82, 2.24) is 10.2 Å². The van der Waals surface area contributed by atoms with E-state index in [1.807, 2.05) is 0 Å². The van der Waals surface area contributed by atoms with Crippen molar-refractivity contribution in [2.24, 2.45) is 11.8 Å². The Balaban J connectivity index is 1.50. The molecule has 1 aromatic rings. The quantitative estimate of drug-likeness (QED) is 0.931. The largest absolute Gasteiger partial charge is 0.342 e. The van der Waals surface area contributed by atoms with Crippen LogP contribution in [0.1, 0.15) is 38.2 Å². The standard InChI is InChI=1S/C19H28N2O/c1-15-18(8-5-11-20-15)19(22)21-12-9-17(10-13-21)14-16-6-3-2-4-7-16/h2-4,6-7,15,17-18,20H,5,8-14H2,1H3. The molecule has 2 aliphatic heterocycles. The lowest BCUT2D eigenvalue weighted by molar-refractivity contribution is -0.138. The molecule has 2 atom stereocenters. The Labute approximate surface area is 134 Å². The Morgan fingerprint density at radius 3 is 2.59 bits per heavy atom. The van der Waals surface area contributed by atoms with Crippen molar-refractivity contribution in [2.45, 2.75) is 45.1 Å². The summed E-state index contributed by atoms with van der Waals surface area (Å²) in [4.78, 5) is 14.8. The third kappa shape index (κ3) is 3.70. The number of benzene rings is 1. The van der Waals surface area contributed by atoms with E-state index >= 15 is 0 Å². The highest BCUT2D eigenvalue weighted by Crippen LogP contribution is 2.25. The summed E-state index contributed by atoms with van der Waals surface area (Å²) in [5, 5.41) is 3.45. The van der Waals surface area contributed by atoms with Crippen LogP contribution >= 0.6 is 0 Å². The van der Waals surface area contributed by atoms with Crippen molar-refractivity contribution >= 4 is 5.91 Å². The van der Waals surface area contributed by atoms with Crippen molar-refractivity contribution in [2.75, 3.05) is 19.6 Å². The Morgan fingerprint density at radius 2 is 1.91 bits per heavy atom. The Kier molecular flexibility index (Phi) is 5.14. The van der Waals surface area contributed by atoms with Crippen LogP contribution in [-0.4, -0.2) is 36.5 Å². The van der Waals surface area contributed by atoms with Gasteiger partial charge in [0.05, 0.1) is 5.92 Å². The van der Waals surface area contributed by atoms with E-state index in [9.17, 15) is 4.79 Å². The van der Waals surface area contributed by atoms with Crippen molar-refractivity contribution in [1.29, 1.82) is 0 Å². The van der Waals surface area contributed by atoms with Crippen molar-refractivity contribution in [3.63, 3.8) is 0 Å². The molecule has 0 aromatic heterocycles. The van der Waals surface area contributed by atoms with E-state index in [0.717, 1.165) is 57.7 Å². The molecule has 0 radical (unpaired) electrons. The number of nitrogens with one attached hydrogen (secondary N) is 1.